The van der Waals surface area contributed by atoms with Gasteiger partial charge in [-0.05, 0) is 48.7 Å². The Kier molecular flexibility index (Phi) is 7.15. The first-order chi connectivity index (χ1) is 17.1. The molecule has 0 aliphatic carbocycles. The van der Waals surface area contributed by atoms with Crippen molar-refractivity contribution in [3.63, 3.8) is 0 Å². The second-order valence-electron chi connectivity index (χ2n) is 9.24. The number of amides is 1. The SMILES string of the molecule is CC1CN2CCN1Cc1cccc(c1)Nc1cc(ccn1)-c1cnc(nc1)NCCCNC(=O)C2. The van der Waals surface area contributed by atoms with Crippen LogP contribution < -0.4 is 16.0 Å². The molecule has 35 heavy (non-hydrogen) atoms. The van der Waals surface area contributed by atoms with Crippen molar-refractivity contribution in [2.75, 3.05) is 49.9 Å². The Hall–Kier alpha value is -3.56. The fourth-order valence-electron chi connectivity index (χ4n) is 4.60. The molecule has 3 atom stereocenters. The number of carbonyl (C=O) groups excluding carboxylic acids is 1. The number of piperazine rings is 1. The van der Waals surface area contributed by atoms with Gasteiger partial charge in [0.1, 0.15) is 5.82 Å². The maximum atomic E-state index is 12.4. The van der Waals surface area contributed by atoms with Crippen LogP contribution in [0.3, 0.4) is 0 Å². The van der Waals surface area contributed by atoms with E-state index in [-0.39, 0.29) is 5.91 Å². The minimum Gasteiger partial charge on any atom is -0.355 e. The molecule has 7 heterocycles. The largest absolute Gasteiger partial charge is 0.355 e. The smallest absolute Gasteiger partial charge is 0.234 e. The van der Waals surface area contributed by atoms with Gasteiger partial charge in [0.2, 0.25) is 11.9 Å². The first kappa shape index (κ1) is 23.2. The minimum atomic E-state index is 0.0822. The van der Waals surface area contributed by atoms with Gasteiger partial charge < -0.3 is 16.0 Å². The molecule has 2 aromatic heterocycles. The van der Waals surface area contributed by atoms with E-state index in [0.29, 0.717) is 31.6 Å². The summed E-state index contributed by atoms with van der Waals surface area (Å²) >= 11 is 0. The van der Waals surface area contributed by atoms with Gasteiger partial charge in [-0.3, -0.25) is 14.6 Å². The highest BCUT2D eigenvalue weighted by Crippen LogP contribution is 2.24. The van der Waals surface area contributed by atoms with Crippen LogP contribution >= 0.6 is 0 Å². The maximum absolute atomic E-state index is 12.4. The molecule has 0 radical (unpaired) electrons. The zero-order valence-electron chi connectivity index (χ0n) is 20.1. The summed E-state index contributed by atoms with van der Waals surface area (Å²) in [5, 5.41) is 9.70. The van der Waals surface area contributed by atoms with Crippen molar-refractivity contribution in [3.8, 4) is 11.1 Å². The van der Waals surface area contributed by atoms with Crippen LogP contribution in [0.25, 0.3) is 11.1 Å². The van der Waals surface area contributed by atoms with Gasteiger partial charge in [0, 0.05) is 75.2 Å². The van der Waals surface area contributed by atoms with Gasteiger partial charge in [-0.1, -0.05) is 12.1 Å². The lowest BCUT2D eigenvalue weighted by Crippen LogP contribution is -2.53. The summed E-state index contributed by atoms with van der Waals surface area (Å²) in [5.74, 6) is 1.44. The second kappa shape index (κ2) is 10.8. The Bertz CT molecular complexity index is 1150. The number of pyridine rings is 1. The molecule has 1 aromatic carbocycles. The zero-order chi connectivity index (χ0) is 24.0. The van der Waals surface area contributed by atoms with Gasteiger partial charge >= 0.3 is 0 Å². The summed E-state index contributed by atoms with van der Waals surface area (Å²) in [4.78, 5) is 30.5. The predicted molar refractivity (Wildman–Crippen MR) is 137 cm³/mol. The molecule has 1 amide bonds. The Morgan fingerprint density at radius 2 is 1.80 bits per heavy atom. The maximum Gasteiger partial charge on any atom is 0.234 e. The van der Waals surface area contributed by atoms with Gasteiger partial charge in [-0.25, -0.2) is 15.0 Å². The van der Waals surface area contributed by atoms with E-state index in [9.17, 15) is 4.79 Å². The summed E-state index contributed by atoms with van der Waals surface area (Å²) in [7, 11) is 0. The van der Waals surface area contributed by atoms with Crippen LogP contribution in [0.2, 0.25) is 0 Å². The van der Waals surface area contributed by atoms with E-state index in [4.69, 9.17) is 0 Å². The minimum absolute atomic E-state index is 0.0822. The van der Waals surface area contributed by atoms with E-state index >= 15 is 0 Å². The van der Waals surface area contributed by atoms with Crippen LogP contribution in [-0.2, 0) is 11.3 Å². The molecular formula is C26H32N8O. The standard InChI is InChI=1S/C26H32N8O/c1-19-16-33-10-11-34(19)17-20-4-2-5-23(12-20)32-24-13-21(6-9-27-24)22-14-30-26(31-15-22)29-8-3-7-28-25(35)18-33/h2,4-6,9,12-15,19H,3,7-8,10-11,16-18H2,1H3,(H,27,32)(H,28,35)(H,29,30,31). The highest BCUT2D eigenvalue weighted by molar-refractivity contribution is 5.78. The first-order valence-corrected chi connectivity index (χ1v) is 12.2. The summed E-state index contributed by atoms with van der Waals surface area (Å²) in [5.41, 5.74) is 4.18. The third-order valence-electron chi connectivity index (χ3n) is 6.51. The number of hydrogen-bond donors (Lipinski definition) is 3. The summed E-state index contributed by atoms with van der Waals surface area (Å²) in [6, 6.07) is 12.8. The Balaban J connectivity index is 1.37. The average molecular weight is 473 g/mol. The fraction of sp³-hybridized carbons (Fsp3) is 0.385. The van der Waals surface area contributed by atoms with Crippen molar-refractivity contribution < 1.29 is 4.79 Å². The van der Waals surface area contributed by atoms with E-state index < -0.39 is 0 Å². The van der Waals surface area contributed by atoms with Crippen LogP contribution in [0.5, 0.6) is 0 Å². The summed E-state index contributed by atoms with van der Waals surface area (Å²) in [6.07, 6.45) is 6.22. The number of aromatic nitrogens is 3. The fourth-order valence-corrected chi connectivity index (χ4v) is 4.60. The monoisotopic (exact) mass is 472 g/mol. The van der Waals surface area contributed by atoms with Crippen molar-refractivity contribution in [3.05, 3.63) is 60.6 Å². The van der Waals surface area contributed by atoms with E-state index in [2.05, 4.69) is 71.9 Å². The van der Waals surface area contributed by atoms with Crippen molar-refractivity contribution in [2.24, 2.45) is 0 Å². The lowest BCUT2D eigenvalue weighted by atomic mass is 10.1. The highest BCUT2D eigenvalue weighted by atomic mass is 16.2. The molecule has 3 unspecified atom stereocenters. The number of nitrogens with one attached hydrogen (secondary N) is 3. The molecule has 3 N–H and O–H groups in total. The van der Waals surface area contributed by atoms with Gasteiger partial charge in [0.25, 0.3) is 0 Å². The van der Waals surface area contributed by atoms with Crippen molar-refractivity contribution >= 4 is 23.4 Å². The van der Waals surface area contributed by atoms with Crippen LogP contribution in [-0.4, -0.2) is 76.0 Å². The van der Waals surface area contributed by atoms with Crippen molar-refractivity contribution in [1.29, 1.82) is 0 Å². The third kappa shape index (κ3) is 6.12. The second-order valence-corrected chi connectivity index (χ2v) is 9.24. The predicted octanol–water partition coefficient (Wildman–Crippen LogP) is 2.72. The van der Waals surface area contributed by atoms with Crippen LogP contribution in [0, 0.1) is 0 Å². The molecule has 3 aromatic rings. The molecule has 1 saturated heterocycles. The number of nitrogens with zero attached hydrogens (tertiary/aromatic N) is 5. The number of anilines is 3. The summed E-state index contributed by atoms with van der Waals surface area (Å²) in [6.45, 7) is 7.60. The first-order valence-electron chi connectivity index (χ1n) is 12.2. The normalized spacial score (nSPS) is 23.1. The molecule has 8 bridgehead atoms. The number of benzene rings is 1. The molecule has 9 heteroatoms. The molecule has 0 spiro atoms. The molecule has 0 saturated carbocycles. The number of carbonyl (C=O) groups is 1. The van der Waals surface area contributed by atoms with Crippen LogP contribution in [0.15, 0.2) is 55.0 Å². The molecular weight excluding hydrogens is 440 g/mol. The average Bonchev–Trinajstić information content (AvgIpc) is 2.86. The van der Waals surface area contributed by atoms with E-state index in [1.165, 1.54) is 5.56 Å². The molecule has 182 valence electrons. The van der Waals surface area contributed by atoms with Gasteiger partial charge in [0.15, 0.2) is 0 Å². The highest BCUT2D eigenvalue weighted by Gasteiger charge is 2.25. The van der Waals surface area contributed by atoms with Gasteiger partial charge in [0.05, 0.1) is 6.54 Å². The molecule has 9 nitrogen and oxygen atoms in total. The van der Waals surface area contributed by atoms with E-state index in [1.54, 1.807) is 6.20 Å². The molecule has 8 rings (SSSR count). The molecule has 1 fully saturated rings. The Morgan fingerprint density at radius 3 is 2.66 bits per heavy atom. The van der Waals surface area contributed by atoms with Crippen LogP contribution in [0.4, 0.5) is 17.5 Å². The van der Waals surface area contributed by atoms with Crippen molar-refractivity contribution in [2.45, 2.75) is 25.9 Å². The topological polar surface area (TPSA) is 98.3 Å². The quantitative estimate of drug-likeness (QED) is 0.460. The number of rotatable bonds is 0. The number of hydrogen-bond acceptors (Lipinski definition) is 8. The lowest BCUT2D eigenvalue weighted by molar-refractivity contribution is -0.122. The Labute approximate surface area is 206 Å². The Morgan fingerprint density at radius 1 is 0.943 bits per heavy atom. The molecule has 5 aliphatic rings. The van der Waals surface area contributed by atoms with Crippen LogP contribution in [0.1, 0.15) is 18.9 Å². The van der Waals surface area contributed by atoms with E-state index in [0.717, 1.165) is 55.2 Å². The van der Waals surface area contributed by atoms with Crippen molar-refractivity contribution in [1.82, 2.24) is 30.1 Å². The third-order valence-corrected chi connectivity index (χ3v) is 6.51. The zero-order valence-corrected chi connectivity index (χ0v) is 20.1. The van der Waals surface area contributed by atoms with Gasteiger partial charge in [-0.15, -0.1) is 0 Å². The summed E-state index contributed by atoms with van der Waals surface area (Å²) < 4.78 is 0. The van der Waals surface area contributed by atoms with E-state index in [1.807, 2.05) is 24.5 Å². The molecule has 5 aliphatic heterocycles. The van der Waals surface area contributed by atoms with Gasteiger partial charge in [-0.2, -0.15) is 0 Å². The lowest BCUT2D eigenvalue weighted by Gasteiger charge is -2.39.